The van der Waals surface area contributed by atoms with E-state index in [0.717, 1.165) is 5.56 Å². The lowest BCUT2D eigenvalue weighted by Crippen LogP contribution is -2.20. The fourth-order valence-corrected chi connectivity index (χ4v) is 1.36. The van der Waals surface area contributed by atoms with Crippen molar-refractivity contribution in [1.29, 1.82) is 0 Å². The van der Waals surface area contributed by atoms with Crippen LogP contribution >= 0.6 is 11.6 Å². The van der Waals surface area contributed by atoms with Crippen LogP contribution in [0.15, 0.2) is 30.1 Å². The van der Waals surface area contributed by atoms with E-state index in [9.17, 15) is 9.59 Å². The van der Waals surface area contributed by atoms with Crippen LogP contribution in [0.1, 0.15) is 12.5 Å². The highest BCUT2D eigenvalue weighted by Gasteiger charge is 2.05. The lowest BCUT2D eigenvalue weighted by atomic mass is 10.3. The Morgan fingerprint density at radius 1 is 1.45 bits per heavy atom. The Labute approximate surface area is 121 Å². The zero-order valence-electron chi connectivity index (χ0n) is 11.2. The number of carbonyl (C=O) groups is 2. The van der Waals surface area contributed by atoms with Crippen LogP contribution in [0.4, 0.5) is 0 Å². The molecule has 6 nitrogen and oxygen atoms in total. The maximum Gasteiger partial charge on any atom is 0.332 e. The molecule has 0 unspecified atom stereocenters. The van der Waals surface area contributed by atoms with Crippen molar-refractivity contribution < 1.29 is 19.1 Å². The van der Waals surface area contributed by atoms with Gasteiger partial charge < -0.3 is 14.8 Å². The number of nitrogens with one attached hydrogen (secondary N) is 1. The molecule has 0 atom stereocenters. The second kappa shape index (κ2) is 8.16. The van der Waals surface area contributed by atoms with E-state index < -0.39 is 11.9 Å². The fourth-order valence-electron chi connectivity index (χ4n) is 1.25. The van der Waals surface area contributed by atoms with Gasteiger partial charge in [-0.1, -0.05) is 17.7 Å². The topological polar surface area (TPSA) is 77.5 Å². The average Bonchev–Trinajstić information content (AvgIpc) is 2.43. The van der Waals surface area contributed by atoms with Crippen LogP contribution in [0.5, 0.6) is 0 Å². The van der Waals surface area contributed by atoms with Gasteiger partial charge in [-0.05, 0) is 11.6 Å². The Bertz CT molecular complexity index is 500. The molecule has 1 aromatic heterocycles. The van der Waals surface area contributed by atoms with Crippen LogP contribution in [0.2, 0.25) is 5.15 Å². The number of methoxy groups -OCH3 is 1. The molecule has 0 amide bonds. The van der Waals surface area contributed by atoms with Gasteiger partial charge in [-0.25, -0.2) is 9.78 Å². The van der Waals surface area contributed by atoms with E-state index >= 15 is 0 Å². The molecule has 0 aliphatic heterocycles. The second-order valence-electron chi connectivity index (χ2n) is 3.82. The number of hydrogen-bond acceptors (Lipinski definition) is 6. The molecule has 1 N–H and O–H groups in total. The molecule has 0 saturated carbocycles. The number of esters is 2. The van der Waals surface area contributed by atoms with Crippen LogP contribution in [0.3, 0.4) is 0 Å². The molecular weight excluding hydrogens is 284 g/mol. The molecule has 1 rings (SSSR count). The normalized spacial score (nSPS) is 10.8. The number of aromatic nitrogens is 1. The largest absolute Gasteiger partial charge is 0.466 e. The summed E-state index contributed by atoms with van der Waals surface area (Å²) in [5, 5.41) is 3.38. The highest BCUT2D eigenvalue weighted by Crippen LogP contribution is 2.05. The van der Waals surface area contributed by atoms with Gasteiger partial charge >= 0.3 is 11.9 Å². The Kier molecular flexibility index (Phi) is 6.52. The summed E-state index contributed by atoms with van der Waals surface area (Å²) in [4.78, 5) is 25.9. The lowest BCUT2D eigenvalue weighted by Gasteiger charge is -2.10. The van der Waals surface area contributed by atoms with E-state index in [-0.39, 0.29) is 6.61 Å². The molecular formula is C13H15ClN2O4. The molecule has 0 bridgehead atoms. The third kappa shape index (κ3) is 6.19. The molecule has 0 aliphatic rings. The molecule has 108 valence electrons. The van der Waals surface area contributed by atoms with Crippen molar-refractivity contribution in [2.24, 2.45) is 0 Å². The first-order valence-electron chi connectivity index (χ1n) is 5.77. The molecule has 0 radical (unpaired) electrons. The van der Waals surface area contributed by atoms with Gasteiger partial charge in [-0.3, -0.25) is 4.79 Å². The van der Waals surface area contributed by atoms with Gasteiger partial charge in [-0.15, -0.1) is 0 Å². The molecule has 0 saturated heterocycles. The van der Waals surface area contributed by atoms with E-state index in [1.54, 1.807) is 18.3 Å². The summed E-state index contributed by atoms with van der Waals surface area (Å²) in [6.07, 6.45) is 2.84. The zero-order chi connectivity index (χ0) is 15.0. The minimum absolute atomic E-state index is 0.0363. The van der Waals surface area contributed by atoms with Crippen molar-refractivity contribution in [2.75, 3.05) is 13.7 Å². The van der Waals surface area contributed by atoms with E-state index in [0.29, 0.717) is 17.4 Å². The van der Waals surface area contributed by atoms with Crippen molar-refractivity contribution in [3.8, 4) is 0 Å². The van der Waals surface area contributed by atoms with Gasteiger partial charge in [0.2, 0.25) is 0 Å². The van der Waals surface area contributed by atoms with Gasteiger partial charge in [0, 0.05) is 25.7 Å². The molecule has 0 fully saturated rings. The molecule has 20 heavy (non-hydrogen) atoms. The molecule has 0 spiro atoms. The monoisotopic (exact) mass is 298 g/mol. The smallest absolute Gasteiger partial charge is 0.332 e. The van der Waals surface area contributed by atoms with E-state index in [1.807, 2.05) is 0 Å². The van der Waals surface area contributed by atoms with Gasteiger partial charge in [0.05, 0.1) is 12.8 Å². The Balaban J connectivity index is 2.64. The Morgan fingerprint density at radius 3 is 2.75 bits per heavy atom. The molecule has 7 heteroatoms. The van der Waals surface area contributed by atoms with Gasteiger partial charge in [0.1, 0.15) is 11.8 Å². The quantitative estimate of drug-likeness (QED) is 0.486. The maximum atomic E-state index is 11.2. The zero-order valence-corrected chi connectivity index (χ0v) is 11.9. The van der Waals surface area contributed by atoms with Crippen molar-refractivity contribution >= 4 is 23.5 Å². The van der Waals surface area contributed by atoms with Crippen LogP contribution in [-0.2, 0) is 25.6 Å². The van der Waals surface area contributed by atoms with Crippen molar-refractivity contribution in [3.05, 3.63) is 40.8 Å². The number of carbonyl (C=O) groups excluding carboxylic acids is 2. The van der Waals surface area contributed by atoms with Crippen LogP contribution in [0, 0.1) is 0 Å². The fraction of sp³-hybridized carbons (Fsp3) is 0.308. The third-order valence-corrected chi connectivity index (χ3v) is 2.46. The number of halogens is 1. The Hall–Kier alpha value is -2.08. The predicted molar refractivity (Wildman–Crippen MR) is 72.8 cm³/mol. The summed E-state index contributed by atoms with van der Waals surface area (Å²) >= 11 is 5.69. The Morgan fingerprint density at radius 2 is 2.20 bits per heavy atom. The van der Waals surface area contributed by atoms with E-state index in [2.05, 4.69) is 15.0 Å². The number of pyridine rings is 1. The van der Waals surface area contributed by atoms with Crippen LogP contribution in [0.25, 0.3) is 0 Å². The van der Waals surface area contributed by atoms with E-state index in [1.165, 1.54) is 20.1 Å². The van der Waals surface area contributed by atoms with Gasteiger partial charge in [0.15, 0.2) is 0 Å². The van der Waals surface area contributed by atoms with Crippen LogP contribution < -0.4 is 5.32 Å². The van der Waals surface area contributed by atoms with Crippen LogP contribution in [-0.4, -0.2) is 30.6 Å². The summed E-state index contributed by atoms with van der Waals surface area (Å²) in [6.45, 7) is 1.67. The van der Waals surface area contributed by atoms with Crippen molar-refractivity contribution in [1.82, 2.24) is 10.3 Å². The summed E-state index contributed by atoms with van der Waals surface area (Å²) in [5.74, 6) is -0.968. The second-order valence-corrected chi connectivity index (χ2v) is 4.20. The highest BCUT2D eigenvalue weighted by molar-refractivity contribution is 6.29. The van der Waals surface area contributed by atoms with E-state index in [4.69, 9.17) is 16.3 Å². The van der Waals surface area contributed by atoms with Gasteiger partial charge in [0.25, 0.3) is 0 Å². The minimum Gasteiger partial charge on any atom is -0.466 e. The summed E-state index contributed by atoms with van der Waals surface area (Å²) in [6, 6.07) is 3.46. The standard InChI is InChI=1S/C13H15ClN2O4/c1-9(17)20-8-11(5-13(18)19-2)15-6-10-3-4-12(14)16-7-10/h3-5,7,15H,6,8H2,1-2H3/b11-5+. The third-order valence-electron chi connectivity index (χ3n) is 2.23. The first-order chi connectivity index (χ1) is 9.51. The predicted octanol–water partition coefficient (Wildman–Crippen LogP) is 1.44. The molecule has 1 heterocycles. The number of nitrogens with zero attached hydrogens (tertiary/aromatic N) is 1. The molecule has 1 aromatic rings. The average molecular weight is 299 g/mol. The van der Waals surface area contributed by atoms with Crippen molar-refractivity contribution in [2.45, 2.75) is 13.5 Å². The highest BCUT2D eigenvalue weighted by atomic mass is 35.5. The van der Waals surface area contributed by atoms with Crippen molar-refractivity contribution in [3.63, 3.8) is 0 Å². The minimum atomic E-state index is -0.533. The summed E-state index contributed by atoms with van der Waals surface area (Å²) < 4.78 is 9.37. The number of ether oxygens (including phenoxy) is 2. The summed E-state index contributed by atoms with van der Waals surface area (Å²) in [5.41, 5.74) is 1.30. The SMILES string of the molecule is COC(=O)/C=C(\COC(C)=O)NCc1ccc(Cl)nc1. The molecule has 0 aliphatic carbocycles. The summed E-state index contributed by atoms with van der Waals surface area (Å²) in [7, 11) is 1.27. The van der Waals surface area contributed by atoms with Gasteiger partial charge in [-0.2, -0.15) is 0 Å². The number of rotatable bonds is 6. The lowest BCUT2D eigenvalue weighted by molar-refractivity contribution is -0.140. The first kappa shape index (κ1) is 16.0. The first-order valence-corrected chi connectivity index (χ1v) is 6.15. The number of hydrogen-bond donors (Lipinski definition) is 1. The molecule has 0 aromatic carbocycles. The maximum absolute atomic E-state index is 11.2.